The molecule has 1 amide bonds. The van der Waals surface area contributed by atoms with Crippen molar-refractivity contribution >= 4 is 5.91 Å². The number of aromatic nitrogens is 2. The van der Waals surface area contributed by atoms with Crippen LogP contribution in [0.2, 0.25) is 0 Å². The van der Waals surface area contributed by atoms with Crippen LogP contribution in [0, 0.1) is 5.82 Å². The Morgan fingerprint density at radius 2 is 1.83 bits per heavy atom. The van der Waals surface area contributed by atoms with Crippen LogP contribution in [0.4, 0.5) is 4.39 Å². The zero-order valence-electron chi connectivity index (χ0n) is 17.0. The summed E-state index contributed by atoms with van der Waals surface area (Å²) < 4.78 is 13.5. The standard InChI is InChI=1S/C25H26FN3O/c26-22-10-5-9-21(16-22)24-18-27-17-23(28-24)20-12-14-29(15-13-20)25(30)11-4-8-19-6-2-1-3-7-19/h1-3,5-7,9-10,16-18,20H,4,8,11-15H2. The molecule has 3 aromatic rings. The summed E-state index contributed by atoms with van der Waals surface area (Å²) in [6.07, 6.45) is 7.63. The van der Waals surface area contributed by atoms with Crippen molar-refractivity contribution in [3.05, 3.63) is 84.1 Å². The number of halogens is 1. The predicted octanol–water partition coefficient (Wildman–Crippen LogP) is 5.01. The first-order valence-corrected chi connectivity index (χ1v) is 10.6. The lowest BCUT2D eigenvalue weighted by molar-refractivity contribution is -0.132. The smallest absolute Gasteiger partial charge is 0.222 e. The number of aryl methyl sites for hydroxylation is 1. The Bertz CT molecular complexity index is 984. The van der Waals surface area contributed by atoms with Gasteiger partial charge in [-0.25, -0.2) is 9.37 Å². The zero-order valence-corrected chi connectivity index (χ0v) is 17.0. The molecular formula is C25H26FN3O. The molecule has 0 radical (unpaired) electrons. The fourth-order valence-electron chi connectivity index (χ4n) is 4.04. The highest BCUT2D eigenvalue weighted by Gasteiger charge is 2.24. The maximum Gasteiger partial charge on any atom is 0.222 e. The van der Waals surface area contributed by atoms with Crippen molar-refractivity contribution in [1.29, 1.82) is 0 Å². The quantitative estimate of drug-likeness (QED) is 0.581. The Hall–Kier alpha value is -3.08. The molecule has 5 heteroatoms. The molecule has 1 aromatic heterocycles. The van der Waals surface area contributed by atoms with Crippen LogP contribution in [0.15, 0.2) is 67.0 Å². The van der Waals surface area contributed by atoms with Gasteiger partial charge in [-0.15, -0.1) is 0 Å². The lowest BCUT2D eigenvalue weighted by atomic mass is 9.93. The highest BCUT2D eigenvalue weighted by atomic mass is 19.1. The normalized spacial score (nSPS) is 14.6. The van der Waals surface area contributed by atoms with Gasteiger partial charge in [-0.3, -0.25) is 9.78 Å². The predicted molar refractivity (Wildman–Crippen MR) is 115 cm³/mol. The molecule has 0 aliphatic carbocycles. The van der Waals surface area contributed by atoms with E-state index in [2.05, 4.69) is 17.1 Å². The van der Waals surface area contributed by atoms with Crippen molar-refractivity contribution in [3.63, 3.8) is 0 Å². The van der Waals surface area contributed by atoms with E-state index in [1.54, 1.807) is 18.5 Å². The van der Waals surface area contributed by atoms with E-state index in [0.717, 1.165) is 50.0 Å². The molecule has 0 atom stereocenters. The van der Waals surface area contributed by atoms with Crippen molar-refractivity contribution in [2.75, 3.05) is 13.1 Å². The van der Waals surface area contributed by atoms with Gasteiger partial charge < -0.3 is 4.90 Å². The second-order valence-electron chi connectivity index (χ2n) is 7.83. The van der Waals surface area contributed by atoms with Crippen LogP contribution in [0.1, 0.15) is 42.9 Å². The Morgan fingerprint density at radius 1 is 1.03 bits per heavy atom. The monoisotopic (exact) mass is 403 g/mol. The minimum Gasteiger partial charge on any atom is -0.343 e. The molecule has 4 nitrogen and oxygen atoms in total. The van der Waals surface area contributed by atoms with Gasteiger partial charge in [0.1, 0.15) is 5.82 Å². The summed E-state index contributed by atoms with van der Waals surface area (Å²) in [7, 11) is 0. The van der Waals surface area contributed by atoms with Gasteiger partial charge >= 0.3 is 0 Å². The van der Waals surface area contributed by atoms with E-state index in [9.17, 15) is 9.18 Å². The molecule has 0 spiro atoms. The average molecular weight is 404 g/mol. The zero-order chi connectivity index (χ0) is 20.8. The van der Waals surface area contributed by atoms with Gasteiger partial charge in [-0.2, -0.15) is 0 Å². The fourth-order valence-corrected chi connectivity index (χ4v) is 4.04. The number of hydrogen-bond acceptors (Lipinski definition) is 3. The largest absolute Gasteiger partial charge is 0.343 e. The Labute approximate surface area is 176 Å². The summed E-state index contributed by atoms with van der Waals surface area (Å²) >= 11 is 0. The fraction of sp³-hybridized carbons (Fsp3) is 0.320. The van der Waals surface area contributed by atoms with Crippen LogP contribution in [0.5, 0.6) is 0 Å². The summed E-state index contributed by atoms with van der Waals surface area (Å²) in [5, 5.41) is 0. The van der Waals surface area contributed by atoms with Crippen LogP contribution in [0.3, 0.4) is 0 Å². The summed E-state index contributed by atoms with van der Waals surface area (Å²) in [5.41, 5.74) is 3.62. The van der Waals surface area contributed by atoms with Crippen LogP contribution in [-0.4, -0.2) is 33.9 Å². The summed E-state index contributed by atoms with van der Waals surface area (Å²) in [4.78, 5) is 23.6. The highest BCUT2D eigenvalue weighted by Crippen LogP contribution is 2.28. The summed E-state index contributed by atoms with van der Waals surface area (Å²) in [5.74, 6) is 0.238. The third-order valence-corrected chi connectivity index (χ3v) is 5.74. The molecule has 4 rings (SSSR count). The highest BCUT2D eigenvalue weighted by molar-refractivity contribution is 5.76. The molecule has 0 bridgehead atoms. The van der Waals surface area contributed by atoms with E-state index >= 15 is 0 Å². The van der Waals surface area contributed by atoms with Gasteiger partial charge in [0.25, 0.3) is 0 Å². The molecule has 154 valence electrons. The Balaban J connectivity index is 1.30. The first-order valence-electron chi connectivity index (χ1n) is 10.6. The van der Waals surface area contributed by atoms with Crippen molar-refractivity contribution in [2.24, 2.45) is 0 Å². The summed E-state index contributed by atoms with van der Waals surface area (Å²) in [6, 6.07) is 16.7. The number of nitrogens with zero attached hydrogens (tertiary/aromatic N) is 3. The number of likely N-dealkylation sites (tertiary alicyclic amines) is 1. The molecule has 0 saturated carbocycles. The van der Waals surface area contributed by atoms with Crippen molar-refractivity contribution in [3.8, 4) is 11.3 Å². The maximum atomic E-state index is 13.5. The number of benzene rings is 2. The van der Waals surface area contributed by atoms with Crippen LogP contribution in [0.25, 0.3) is 11.3 Å². The molecular weight excluding hydrogens is 377 g/mol. The third-order valence-electron chi connectivity index (χ3n) is 5.74. The number of hydrogen-bond donors (Lipinski definition) is 0. The van der Waals surface area contributed by atoms with Crippen molar-refractivity contribution in [2.45, 2.75) is 38.0 Å². The molecule has 0 N–H and O–H groups in total. The number of carbonyl (C=O) groups is 1. The van der Waals surface area contributed by atoms with E-state index in [1.807, 2.05) is 29.2 Å². The molecule has 2 aromatic carbocycles. The lowest BCUT2D eigenvalue weighted by Gasteiger charge is -2.32. The van der Waals surface area contributed by atoms with Gasteiger partial charge in [0.15, 0.2) is 0 Å². The van der Waals surface area contributed by atoms with E-state index in [-0.39, 0.29) is 17.6 Å². The van der Waals surface area contributed by atoms with Crippen LogP contribution in [-0.2, 0) is 11.2 Å². The molecule has 1 fully saturated rings. The van der Waals surface area contributed by atoms with Gasteiger partial charge in [0.2, 0.25) is 5.91 Å². The van der Waals surface area contributed by atoms with Crippen molar-refractivity contribution in [1.82, 2.24) is 14.9 Å². The van der Waals surface area contributed by atoms with E-state index in [0.29, 0.717) is 12.1 Å². The Morgan fingerprint density at radius 3 is 2.60 bits per heavy atom. The first kappa shape index (κ1) is 20.2. The second-order valence-corrected chi connectivity index (χ2v) is 7.83. The molecule has 1 saturated heterocycles. The number of carbonyl (C=O) groups excluding carboxylic acids is 1. The first-order chi connectivity index (χ1) is 14.7. The lowest BCUT2D eigenvalue weighted by Crippen LogP contribution is -2.38. The molecule has 30 heavy (non-hydrogen) atoms. The topological polar surface area (TPSA) is 46.1 Å². The molecule has 1 aliphatic rings. The van der Waals surface area contributed by atoms with Crippen molar-refractivity contribution < 1.29 is 9.18 Å². The third kappa shape index (κ3) is 5.09. The number of piperidine rings is 1. The van der Waals surface area contributed by atoms with Gasteiger partial charge in [-0.05, 0) is 43.4 Å². The minimum absolute atomic E-state index is 0.240. The van der Waals surface area contributed by atoms with E-state index < -0.39 is 0 Å². The van der Waals surface area contributed by atoms with Crippen LogP contribution >= 0.6 is 0 Å². The van der Waals surface area contributed by atoms with Gasteiger partial charge in [0, 0.05) is 37.2 Å². The second kappa shape index (κ2) is 9.61. The average Bonchev–Trinajstić information content (AvgIpc) is 2.80. The molecule has 0 unspecified atom stereocenters. The Kier molecular flexibility index (Phi) is 6.47. The van der Waals surface area contributed by atoms with E-state index in [1.165, 1.54) is 17.7 Å². The molecule has 1 aliphatic heterocycles. The summed E-state index contributed by atoms with van der Waals surface area (Å²) in [6.45, 7) is 1.50. The number of amides is 1. The maximum absolute atomic E-state index is 13.5. The van der Waals surface area contributed by atoms with Crippen LogP contribution < -0.4 is 0 Å². The van der Waals surface area contributed by atoms with E-state index in [4.69, 9.17) is 4.98 Å². The minimum atomic E-state index is -0.279. The number of rotatable bonds is 6. The van der Waals surface area contributed by atoms with Gasteiger partial charge in [0.05, 0.1) is 17.6 Å². The SMILES string of the molecule is O=C(CCCc1ccccc1)N1CCC(c2cncc(-c3cccc(F)c3)n2)CC1. The van der Waals surface area contributed by atoms with Gasteiger partial charge in [-0.1, -0.05) is 42.5 Å². The molecule has 2 heterocycles.